The summed E-state index contributed by atoms with van der Waals surface area (Å²) in [6.07, 6.45) is 2.59. The molecule has 1 saturated heterocycles. The molecular formula is C11H20O4S. The summed E-state index contributed by atoms with van der Waals surface area (Å²) in [5, 5.41) is -0.496. The van der Waals surface area contributed by atoms with Gasteiger partial charge in [-0.2, -0.15) is 0 Å². The minimum absolute atomic E-state index is 0.0595. The van der Waals surface area contributed by atoms with Gasteiger partial charge in [0.2, 0.25) is 0 Å². The fourth-order valence-corrected chi connectivity index (χ4v) is 3.29. The van der Waals surface area contributed by atoms with Crippen LogP contribution in [0, 0.1) is 0 Å². The van der Waals surface area contributed by atoms with Crippen LogP contribution in [0.2, 0.25) is 0 Å². The van der Waals surface area contributed by atoms with Gasteiger partial charge in [0.25, 0.3) is 0 Å². The summed E-state index contributed by atoms with van der Waals surface area (Å²) in [6.45, 7) is 4.70. The average Bonchev–Trinajstić information content (AvgIpc) is 2.71. The number of carbonyl (C=O) groups excluding carboxylic acids is 1. The van der Waals surface area contributed by atoms with E-state index in [0.29, 0.717) is 18.8 Å². The first-order valence-electron chi connectivity index (χ1n) is 5.84. The summed E-state index contributed by atoms with van der Waals surface area (Å²) in [7, 11) is -1.18. The van der Waals surface area contributed by atoms with Crippen LogP contribution in [0.3, 0.4) is 0 Å². The molecule has 94 valence electrons. The summed E-state index contributed by atoms with van der Waals surface area (Å²) in [4.78, 5) is 11.5. The highest BCUT2D eigenvalue weighted by molar-refractivity contribution is 7.86. The molecule has 0 aromatic rings. The van der Waals surface area contributed by atoms with E-state index in [9.17, 15) is 9.00 Å². The largest absolute Gasteiger partial charge is 0.465 e. The molecule has 0 aliphatic carbocycles. The highest BCUT2D eigenvalue weighted by Crippen LogP contribution is 2.16. The Hall–Kier alpha value is -0.420. The Morgan fingerprint density at radius 2 is 2.31 bits per heavy atom. The maximum atomic E-state index is 12.0. The molecule has 5 heteroatoms. The first kappa shape index (κ1) is 13.6. The summed E-state index contributed by atoms with van der Waals surface area (Å²) in [5.74, 6) is 0.110. The van der Waals surface area contributed by atoms with Crippen LogP contribution >= 0.6 is 0 Å². The van der Waals surface area contributed by atoms with Crippen molar-refractivity contribution < 1.29 is 18.5 Å². The number of carbonyl (C=O) groups is 1. The van der Waals surface area contributed by atoms with Crippen molar-refractivity contribution in [2.75, 3.05) is 19.0 Å². The van der Waals surface area contributed by atoms with Gasteiger partial charge in [0.15, 0.2) is 0 Å². The molecule has 0 N–H and O–H groups in total. The molecule has 0 saturated carbocycles. The molecule has 1 aliphatic heterocycles. The number of rotatable bonds is 6. The minimum atomic E-state index is -1.18. The molecule has 0 spiro atoms. The molecule has 1 fully saturated rings. The van der Waals surface area contributed by atoms with E-state index in [1.165, 1.54) is 0 Å². The van der Waals surface area contributed by atoms with E-state index in [2.05, 4.69) is 0 Å². The highest BCUT2D eigenvalue weighted by Gasteiger charge is 2.28. The van der Waals surface area contributed by atoms with Crippen molar-refractivity contribution in [2.45, 2.75) is 44.5 Å². The SMILES string of the molecule is CCOC(=O)C(CC)S(=O)CC1CCCO1. The lowest BCUT2D eigenvalue weighted by Crippen LogP contribution is -2.32. The van der Waals surface area contributed by atoms with E-state index < -0.39 is 16.0 Å². The predicted octanol–water partition coefficient (Wildman–Crippen LogP) is 1.26. The Morgan fingerprint density at radius 1 is 1.56 bits per heavy atom. The normalized spacial score (nSPS) is 24.0. The van der Waals surface area contributed by atoms with E-state index in [1.807, 2.05) is 6.92 Å². The third-order valence-corrected chi connectivity index (χ3v) is 4.47. The average molecular weight is 248 g/mol. The molecule has 4 nitrogen and oxygen atoms in total. The lowest BCUT2D eigenvalue weighted by molar-refractivity contribution is -0.142. The number of hydrogen-bond donors (Lipinski definition) is 0. The molecule has 1 rings (SSSR count). The van der Waals surface area contributed by atoms with Gasteiger partial charge in [0.1, 0.15) is 5.25 Å². The van der Waals surface area contributed by atoms with Crippen LogP contribution in [0.25, 0.3) is 0 Å². The Kier molecular flexibility index (Phi) is 5.98. The third kappa shape index (κ3) is 3.87. The Balaban J connectivity index is 2.44. The smallest absolute Gasteiger partial charge is 0.321 e. The monoisotopic (exact) mass is 248 g/mol. The van der Waals surface area contributed by atoms with Crippen molar-refractivity contribution in [3.8, 4) is 0 Å². The maximum Gasteiger partial charge on any atom is 0.321 e. The van der Waals surface area contributed by atoms with Crippen molar-refractivity contribution in [1.29, 1.82) is 0 Å². The first-order valence-corrected chi connectivity index (χ1v) is 7.22. The van der Waals surface area contributed by atoms with Crippen LogP contribution in [0.5, 0.6) is 0 Å². The predicted molar refractivity (Wildman–Crippen MR) is 62.7 cm³/mol. The number of ether oxygens (including phenoxy) is 2. The molecule has 0 aromatic carbocycles. The summed E-state index contributed by atoms with van der Waals surface area (Å²) in [5.41, 5.74) is 0. The molecule has 1 heterocycles. The topological polar surface area (TPSA) is 52.6 Å². The molecule has 0 amide bonds. The standard InChI is InChI=1S/C11H20O4S/c1-3-10(11(12)14-4-2)16(13)8-9-6-5-7-15-9/h9-10H,3-8H2,1-2H3. The fourth-order valence-electron chi connectivity index (χ4n) is 1.77. The van der Waals surface area contributed by atoms with Crippen molar-refractivity contribution in [3.05, 3.63) is 0 Å². The highest BCUT2D eigenvalue weighted by atomic mass is 32.2. The quantitative estimate of drug-likeness (QED) is 0.664. The van der Waals surface area contributed by atoms with Crippen LogP contribution in [0.1, 0.15) is 33.1 Å². The van der Waals surface area contributed by atoms with Gasteiger partial charge in [-0.25, -0.2) is 0 Å². The van der Waals surface area contributed by atoms with E-state index in [4.69, 9.17) is 9.47 Å². The van der Waals surface area contributed by atoms with Crippen LogP contribution in [-0.4, -0.2) is 40.5 Å². The van der Waals surface area contributed by atoms with Gasteiger partial charge in [-0.3, -0.25) is 9.00 Å². The Morgan fingerprint density at radius 3 is 2.81 bits per heavy atom. The van der Waals surface area contributed by atoms with Gasteiger partial charge in [0.05, 0.1) is 18.5 Å². The van der Waals surface area contributed by atoms with E-state index >= 15 is 0 Å². The minimum Gasteiger partial charge on any atom is -0.465 e. The van der Waals surface area contributed by atoms with E-state index in [-0.39, 0.29) is 12.1 Å². The van der Waals surface area contributed by atoms with Gasteiger partial charge < -0.3 is 9.47 Å². The van der Waals surface area contributed by atoms with Gasteiger partial charge in [-0.05, 0) is 26.2 Å². The van der Waals surface area contributed by atoms with Crippen molar-refractivity contribution in [2.24, 2.45) is 0 Å². The molecular weight excluding hydrogens is 228 g/mol. The zero-order valence-corrected chi connectivity index (χ0v) is 10.8. The molecule has 3 unspecified atom stereocenters. The zero-order valence-electron chi connectivity index (χ0n) is 9.94. The Bertz CT molecular complexity index is 248. The number of esters is 1. The van der Waals surface area contributed by atoms with E-state index in [1.54, 1.807) is 6.92 Å². The number of hydrogen-bond acceptors (Lipinski definition) is 4. The zero-order chi connectivity index (χ0) is 12.0. The Labute approximate surface area is 99.1 Å². The van der Waals surface area contributed by atoms with Crippen LogP contribution in [-0.2, 0) is 25.1 Å². The van der Waals surface area contributed by atoms with Crippen LogP contribution < -0.4 is 0 Å². The van der Waals surface area contributed by atoms with Crippen molar-refractivity contribution in [1.82, 2.24) is 0 Å². The third-order valence-electron chi connectivity index (χ3n) is 2.61. The summed E-state index contributed by atoms with van der Waals surface area (Å²) >= 11 is 0. The van der Waals surface area contributed by atoms with Crippen LogP contribution in [0.4, 0.5) is 0 Å². The van der Waals surface area contributed by atoms with Gasteiger partial charge in [-0.15, -0.1) is 0 Å². The molecule has 0 radical (unpaired) electrons. The van der Waals surface area contributed by atoms with Gasteiger partial charge in [-0.1, -0.05) is 6.92 Å². The lowest BCUT2D eigenvalue weighted by Gasteiger charge is -2.15. The second-order valence-corrected chi connectivity index (χ2v) is 5.50. The van der Waals surface area contributed by atoms with Gasteiger partial charge >= 0.3 is 5.97 Å². The molecule has 3 atom stereocenters. The lowest BCUT2D eigenvalue weighted by atomic mass is 10.3. The van der Waals surface area contributed by atoms with E-state index in [0.717, 1.165) is 19.4 Å². The maximum absolute atomic E-state index is 12.0. The van der Waals surface area contributed by atoms with Crippen molar-refractivity contribution >= 4 is 16.8 Å². The van der Waals surface area contributed by atoms with Crippen molar-refractivity contribution in [3.63, 3.8) is 0 Å². The molecule has 1 aliphatic rings. The molecule has 0 aromatic heterocycles. The summed E-state index contributed by atoms with van der Waals surface area (Å²) in [6, 6.07) is 0. The second-order valence-electron chi connectivity index (χ2n) is 3.83. The molecule has 0 bridgehead atoms. The second kappa shape index (κ2) is 7.01. The van der Waals surface area contributed by atoms with Gasteiger partial charge in [0, 0.05) is 17.4 Å². The fraction of sp³-hybridized carbons (Fsp3) is 0.909. The summed E-state index contributed by atoms with van der Waals surface area (Å²) < 4.78 is 22.3. The van der Waals surface area contributed by atoms with Crippen LogP contribution in [0.15, 0.2) is 0 Å². The molecule has 16 heavy (non-hydrogen) atoms. The first-order chi connectivity index (χ1) is 7.69.